The van der Waals surface area contributed by atoms with E-state index in [1.165, 1.54) is 6.20 Å². The van der Waals surface area contributed by atoms with Crippen LogP contribution in [0.2, 0.25) is 0 Å². The van der Waals surface area contributed by atoms with Crippen molar-refractivity contribution < 1.29 is 5.11 Å². The molecule has 0 aliphatic rings. The summed E-state index contributed by atoms with van der Waals surface area (Å²) in [5.41, 5.74) is 0.524. The zero-order valence-corrected chi connectivity index (χ0v) is 7.81. The maximum Gasteiger partial charge on any atom is 0.102 e. The molecule has 1 N–H and O–H groups in total. The first-order valence-electron chi connectivity index (χ1n) is 4.24. The van der Waals surface area contributed by atoms with E-state index in [9.17, 15) is 5.11 Å². The average Bonchev–Trinajstić information content (AvgIpc) is 2.52. The van der Waals surface area contributed by atoms with Gasteiger partial charge in [0.1, 0.15) is 6.07 Å². The summed E-state index contributed by atoms with van der Waals surface area (Å²) < 4.78 is 1.59. The molecule has 0 aliphatic heterocycles. The van der Waals surface area contributed by atoms with Gasteiger partial charge in [-0.15, -0.1) is 0 Å². The van der Waals surface area contributed by atoms with Crippen LogP contribution in [-0.4, -0.2) is 21.0 Å². The first-order valence-corrected chi connectivity index (χ1v) is 4.24. The highest BCUT2D eigenvalue weighted by molar-refractivity contribution is 5.21. The third-order valence-corrected chi connectivity index (χ3v) is 1.91. The molecule has 0 aromatic carbocycles. The molecule has 4 nitrogen and oxygen atoms in total. The molecule has 0 amide bonds. The topological polar surface area (TPSA) is 61.8 Å². The van der Waals surface area contributed by atoms with Crippen molar-refractivity contribution in [2.45, 2.75) is 26.5 Å². The zero-order chi connectivity index (χ0) is 9.84. The lowest BCUT2D eigenvalue weighted by Gasteiger charge is -2.13. The maximum atomic E-state index is 9.52. The summed E-state index contributed by atoms with van der Waals surface area (Å²) in [5, 5.41) is 22.0. The van der Waals surface area contributed by atoms with Crippen molar-refractivity contribution in [3.8, 4) is 6.07 Å². The molecule has 4 heteroatoms. The van der Waals surface area contributed by atoms with Crippen molar-refractivity contribution in [1.82, 2.24) is 9.78 Å². The molecule has 1 aromatic rings. The summed E-state index contributed by atoms with van der Waals surface area (Å²) in [6, 6.07) is 1.98. The highest BCUT2D eigenvalue weighted by Crippen LogP contribution is 2.04. The summed E-state index contributed by atoms with van der Waals surface area (Å²) in [6.07, 6.45) is 2.71. The smallest absolute Gasteiger partial charge is 0.102 e. The quantitative estimate of drug-likeness (QED) is 0.745. The van der Waals surface area contributed by atoms with Gasteiger partial charge in [0.15, 0.2) is 0 Å². The summed E-state index contributed by atoms with van der Waals surface area (Å²) in [6.45, 7) is 4.33. The number of aromatic nitrogens is 2. The van der Waals surface area contributed by atoms with Crippen LogP contribution in [0, 0.1) is 17.2 Å². The van der Waals surface area contributed by atoms with Crippen molar-refractivity contribution in [1.29, 1.82) is 5.26 Å². The molecular formula is C9H13N3O. The predicted octanol–water partition coefficient (Wildman–Crippen LogP) is 0.772. The number of nitriles is 1. The fraction of sp³-hybridized carbons (Fsp3) is 0.556. The number of aliphatic hydroxyl groups excluding tert-OH is 1. The number of nitrogens with zero attached hydrogens (tertiary/aromatic N) is 3. The lowest BCUT2D eigenvalue weighted by molar-refractivity contribution is 0.103. The van der Waals surface area contributed by atoms with Gasteiger partial charge in [-0.05, 0) is 5.92 Å². The van der Waals surface area contributed by atoms with Crippen LogP contribution in [0.4, 0.5) is 0 Å². The first-order chi connectivity index (χ1) is 6.13. The molecule has 70 valence electrons. The van der Waals surface area contributed by atoms with Crippen LogP contribution >= 0.6 is 0 Å². The van der Waals surface area contributed by atoms with Gasteiger partial charge in [-0.25, -0.2) is 0 Å². The van der Waals surface area contributed by atoms with Crippen LogP contribution in [0.25, 0.3) is 0 Å². The van der Waals surface area contributed by atoms with E-state index in [-0.39, 0.29) is 5.92 Å². The minimum Gasteiger partial charge on any atom is -0.391 e. The van der Waals surface area contributed by atoms with Crippen LogP contribution in [-0.2, 0) is 6.54 Å². The van der Waals surface area contributed by atoms with E-state index in [1.807, 2.05) is 19.9 Å². The van der Waals surface area contributed by atoms with Crippen molar-refractivity contribution >= 4 is 0 Å². The SMILES string of the molecule is CC(C)C(O)Cn1cc(C#N)cn1. The molecule has 0 spiro atoms. The van der Waals surface area contributed by atoms with Crippen LogP contribution in [0.3, 0.4) is 0 Å². The molecule has 1 rings (SSSR count). The Morgan fingerprint density at radius 2 is 2.38 bits per heavy atom. The predicted molar refractivity (Wildman–Crippen MR) is 47.8 cm³/mol. The fourth-order valence-electron chi connectivity index (χ4n) is 0.924. The Kier molecular flexibility index (Phi) is 3.04. The Bertz CT molecular complexity index is 311. The van der Waals surface area contributed by atoms with Crippen molar-refractivity contribution in [2.24, 2.45) is 5.92 Å². The molecule has 0 saturated carbocycles. The first kappa shape index (κ1) is 9.75. The molecule has 1 atom stereocenters. The molecule has 0 fully saturated rings. The Labute approximate surface area is 77.4 Å². The van der Waals surface area contributed by atoms with Gasteiger partial charge < -0.3 is 5.11 Å². The van der Waals surface area contributed by atoms with Gasteiger partial charge in [-0.1, -0.05) is 13.8 Å². The summed E-state index contributed by atoms with van der Waals surface area (Å²) in [5.74, 6) is 0.203. The van der Waals surface area contributed by atoms with E-state index in [0.717, 1.165) is 0 Å². The molecule has 1 unspecified atom stereocenters. The Balaban J connectivity index is 2.60. The normalized spacial score (nSPS) is 12.8. The van der Waals surface area contributed by atoms with Gasteiger partial charge in [0.25, 0.3) is 0 Å². The van der Waals surface area contributed by atoms with E-state index in [0.29, 0.717) is 12.1 Å². The van der Waals surface area contributed by atoms with E-state index < -0.39 is 6.10 Å². The summed E-state index contributed by atoms with van der Waals surface area (Å²) >= 11 is 0. The van der Waals surface area contributed by atoms with Crippen molar-refractivity contribution in [3.63, 3.8) is 0 Å². The van der Waals surface area contributed by atoms with Gasteiger partial charge in [0.2, 0.25) is 0 Å². The minimum atomic E-state index is -0.411. The summed E-state index contributed by atoms with van der Waals surface area (Å²) in [7, 11) is 0. The lowest BCUT2D eigenvalue weighted by Crippen LogP contribution is -2.21. The summed E-state index contributed by atoms with van der Waals surface area (Å²) in [4.78, 5) is 0. The number of aliphatic hydroxyl groups is 1. The highest BCUT2D eigenvalue weighted by atomic mass is 16.3. The molecule has 13 heavy (non-hydrogen) atoms. The maximum absolute atomic E-state index is 9.52. The van der Waals surface area contributed by atoms with E-state index >= 15 is 0 Å². The van der Waals surface area contributed by atoms with Crippen LogP contribution in [0.1, 0.15) is 19.4 Å². The molecule has 0 bridgehead atoms. The van der Waals surface area contributed by atoms with Crippen LogP contribution < -0.4 is 0 Å². The second-order valence-electron chi connectivity index (χ2n) is 3.37. The lowest BCUT2D eigenvalue weighted by atomic mass is 10.1. The van der Waals surface area contributed by atoms with E-state index in [4.69, 9.17) is 5.26 Å². The van der Waals surface area contributed by atoms with E-state index in [2.05, 4.69) is 5.10 Å². The molecule has 0 saturated heterocycles. The Morgan fingerprint density at radius 3 is 2.85 bits per heavy atom. The highest BCUT2D eigenvalue weighted by Gasteiger charge is 2.10. The standard InChI is InChI=1S/C9H13N3O/c1-7(2)9(13)6-12-5-8(3-10)4-11-12/h4-5,7,9,13H,6H2,1-2H3. The monoisotopic (exact) mass is 179 g/mol. The van der Waals surface area contributed by atoms with Gasteiger partial charge in [-0.2, -0.15) is 10.4 Å². The average molecular weight is 179 g/mol. The van der Waals surface area contributed by atoms with Gasteiger partial charge in [0.05, 0.1) is 24.4 Å². The Hall–Kier alpha value is -1.34. The largest absolute Gasteiger partial charge is 0.391 e. The van der Waals surface area contributed by atoms with Gasteiger partial charge in [0, 0.05) is 6.20 Å². The second kappa shape index (κ2) is 4.06. The third-order valence-electron chi connectivity index (χ3n) is 1.91. The van der Waals surface area contributed by atoms with Crippen molar-refractivity contribution in [2.75, 3.05) is 0 Å². The number of hydrogen-bond acceptors (Lipinski definition) is 3. The number of rotatable bonds is 3. The van der Waals surface area contributed by atoms with Crippen LogP contribution in [0.5, 0.6) is 0 Å². The van der Waals surface area contributed by atoms with Gasteiger partial charge in [-0.3, -0.25) is 4.68 Å². The zero-order valence-electron chi connectivity index (χ0n) is 7.81. The molecular weight excluding hydrogens is 166 g/mol. The van der Waals surface area contributed by atoms with Crippen molar-refractivity contribution in [3.05, 3.63) is 18.0 Å². The molecule has 1 heterocycles. The Morgan fingerprint density at radius 1 is 1.69 bits per heavy atom. The second-order valence-corrected chi connectivity index (χ2v) is 3.37. The molecule has 0 aliphatic carbocycles. The molecule has 1 aromatic heterocycles. The van der Waals surface area contributed by atoms with Crippen LogP contribution in [0.15, 0.2) is 12.4 Å². The minimum absolute atomic E-state index is 0.203. The fourth-order valence-corrected chi connectivity index (χ4v) is 0.924. The number of hydrogen-bond donors (Lipinski definition) is 1. The third kappa shape index (κ3) is 2.56. The van der Waals surface area contributed by atoms with Gasteiger partial charge >= 0.3 is 0 Å². The molecule has 0 radical (unpaired) electrons. The van der Waals surface area contributed by atoms with E-state index in [1.54, 1.807) is 10.9 Å².